The quantitative estimate of drug-likeness (QED) is 0.826. The Morgan fingerprint density at radius 2 is 2.00 bits per heavy atom. The monoisotopic (exact) mass is 285 g/mol. The number of hydrogen-bond acceptors (Lipinski definition) is 1. The van der Waals surface area contributed by atoms with E-state index < -0.39 is 11.7 Å². The predicted molar refractivity (Wildman–Crippen MR) is 63.9 cm³/mol. The molecule has 2 rings (SSSR count). The highest BCUT2D eigenvalue weighted by molar-refractivity contribution is 6.30. The molecule has 0 radical (unpaired) electrons. The number of rotatable bonds is 1. The molecule has 6 heteroatoms. The lowest BCUT2D eigenvalue weighted by molar-refractivity contribution is -0.138. The van der Waals surface area contributed by atoms with Crippen molar-refractivity contribution in [2.75, 3.05) is 13.1 Å². The van der Waals surface area contributed by atoms with Crippen LogP contribution in [0, 0.1) is 0 Å². The summed E-state index contributed by atoms with van der Waals surface area (Å²) in [5, 5.41) is 3.19. The van der Waals surface area contributed by atoms with Gasteiger partial charge in [0, 0.05) is 11.6 Å². The molecule has 1 nitrogen and oxygen atoms in total. The number of nitrogens with one attached hydrogen (secondary N) is 1. The van der Waals surface area contributed by atoms with Gasteiger partial charge in [-0.2, -0.15) is 13.2 Å². The highest BCUT2D eigenvalue weighted by atomic mass is 35.5. The second kappa shape index (κ2) is 5.46. The lowest BCUT2D eigenvalue weighted by Crippen LogP contribution is -2.14. The Kier molecular flexibility index (Phi) is 4.69. The van der Waals surface area contributed by atoms with Gasteiger partial charge in [-0.15, -0.1) is 12.4 Å². The molecule has 1 unspecified atom stereocenters. The number of halogens is 5. The summed E-state index contributed by atoms with van der Waals surface area (Å²) >= 11 is 5.61. The molecule has 0 bridgehead atoms. The summed E-state index contributed by atoms with van der Waals surface area (Å²) in [6.07, 6.45) is -3.59. The van der Waals surface area contributed by atoms with E-state index >= 15 is 0 Å². The largest absolute Gasteiger partial charge is 0.416 e. The molecule has 1 aliphatic heterocycles. The van der Waals surface area contributed by atoms with Crippen LogP contribution in [0.2, 0.25) is 5.02 Å². The Bertz CT molecular complexity index is 387. The lowest BCUT2D eigenvalue weighted by atomic mass is 9.93. The molecule has 1 aromatic carbocycles. The molecule has 0 saturated carbocycles. The second-order valence-electron chi connectivity index (χ2n) is 3.92. The Morgan fingerprint density at radius 3 is 2.53 bits per heavy atom. The van der Waals surface area contributed by atoms with Gasteiger partial charge in [0.15, 0.2) is 0 Å². The fourth-order valence-electron chi connectivity index (χ4n) is 2.05. The minimum Gasteiger partial charge on any atom is -0.316 e. The maximum absolute atomic E-state index is 12.8. The van der Waals surface area contributed by atoms with Crippen LogP contribution < -0.4 is 5.32 Å². The fraction of sp³-hybridized carbons (Fsp3) is 0.455. The molecule has 1 fully saturated rings. The maximum Gasteiger partial charge on any atom is 0.416 e. The Balaban J connectivity index is 0.00000144. The van der Waals surface area contributed by atoms with Crippen molar-refractivity contribution in [1.82, 2.24) is 5.32 Å². The third-order valence-electron chi connectivity index (χ3n) is 2.82. The van der Waals surface area contributed by atoms with Crippen LogP contribution in [0.25, 0.3) is 0 Å². The molecule has 1 aliphatic rings. The third kappa shape index (κ3) is 3.27. The van der Waals surface area contributed by atoms with Gasteiger partial charge in [-0.05, 0) is 36.6 Å². The molecular formula is C11H12Cl2F3N. The van der Waals surface area contributed by atoms with Crippen LogP contribution in [0.1, 0.15) is 23.5 Å². The van der Waals surface area contributed by atoms with E-state index in [1.807, 2.05) is 0 Å². The molecular weight excluding hydrogens is 274 g/mol. The van der Waals surface area contributed by atoms with Gasteiger partial charge < -0.3 is 5.32 Å². The molecule has 0 amide bonds. The van der Waals surface area contributed by atoms with Crippen LogP contribution in [0.5, 0.6) is 0 Å². The van der Waals surface area contributed by atoms with Gasteiger partial charge in [-0.25, -0.2) is 0 Å². The highest BCUT2D eigenvalue weighted by Gasteiger charge is 2.35. The predicted octanol–water partition coefficient (Wildman–Crippen LogP) is 3.86. The van der Waals surface area contributed by atoms with Crippen molar-refractivity contribution < 1.29 is 13.2 Å². The number of benzene rings is 1. The van der Waals surface area contributed by atoms with E-state index in [-0.39, 0.29) is 23.3 Å². The summed E-state index contributed by atoms with van der Waals surface area (Å²) < 4.78 is 38.4. The number of hydrogen-bond donors (Lipinski definition) is 1. The SMILES string of the molecule is Cl.FC(F)(F)c1cc(Cl)ccc1C1CCNC1. The van der Waals surface area contributed by atoms with Crippen LogP contribution in [-0.2, 0) is 6.18 Å². The van der Waals surface area contributed by atoms with E-state index in [4.69, 9.17) is 11.6 Å². The van der Waals surface area contributed by atoms with Crippen molar-refractivity contribution in [2.24, 2.45) is 0 Å². The van der Waals surface area contributed by atoms with E-state index in [0.29, 0.717) is 12.1 Å². The smallest absolute Gasteiger partial charge is 0.316 e. The Hall–Kier alpha value is -0.450. The molecule has 17 heavy (non-hydrogen) atoms. The normalized spacial score (nSPS) is 20.1. The molecule has 0 spiro atoms. The molecule has 1 aromatic rings. The number of alkyl halides is 3. The summed E-state index contributed by atoms with van der Waals surface area (Å²) in [5.41, 5.74) is -0.254. The van der Waals surface area contributed by atoms with Gasteiger partial charge in [0.2, 0.25) is 0 Å². The van der Waals surface area contributed by atoms with Crippen molar-refractivity contribution in [3.05, 3.63) is 34.3 Å². The van der Waals surface area contributed by atoms with Gasteiger partial charge in [0.1, 0.15) is 0 Å². The Labute approximate surface area is 109 Å². The fourth-order valence-corrected chi connectivity index (χ4v) is 2.22. The van der Waals surface area contributed by atoms with Crippen molar-refractivity contribution in [1.29, 1.82) is 0 Å². The topological polar surface area (TPSA) is 12.0 Å². The van der Waals surface area contributed by atoms with Crippen LogP contribution in [0.4, 0.5) is 13.2 Å². The average molecular weight is 286 g/mol. The first-order chi connectivity index (χ1) is 7.48. The summed E-state index contributed by atoms with van der Waals surface area (Å²) in [5.74, 6) is -0.0612. The van der Waals surface area contributed by atoms with Gasteiger partial charge in [-0.1, -0.05) is 17.7 Å². The minimum atomic E-state index is -4.33. The molecule has 1 N–H and O–H groups in total. The zero-order chi connectivity index (χ0) is 11.8. The third-order valence-corrected chi connectivity index (χ3v) is 3.06. The average Bonchev–Trinajstić information content (AvgIpc) is 2.69. The summed E-state index contributed by atoms with van der Waals surface area (Å²) in [7, 11) is 0. The van der Waals surface area contributed by atoms with Gasteiger partial charge in [0.05, 0.1) is 5.56 Å². The van der Waals surface area contributed by atoms with E-state index in [1.54, 1.807) is 0 Å². The second-order valence-corrected chi connectivity index (χ2v) is 4.36. The van der Waals surface area contributed by atoms with Crippen LogP contribution in [0.15, 0.2) is 18.2 Å². The molecule has 1 heterocycles. The van der Waals surface area contributed by atoms with Crippen LogP contribution >= 0.6 is 24.0 Å². The first kappa shape index (κ1) is 14.6. The van der Waals surface area contributed by atoms with Crippen LogP contribution in [-0.4, -0.2) is 13.1 Å². The van der Waals surface area contributed by atoms with Gasteiger partial charge in [-0.3, -0.25) is 0 Å². The van der Waals surface area contributed by atoms with Gasteiger partial charge in [0.25, 0.3) is 0 Å². The lowest BCUT2D eigenvalue weighted by Gasteiger charge is -2.17. The highest BCUT2D eigenvalue weighted by Crippen LogP contribution is 2.38. The minimum absolute atomic E-state index is 0. The molecule has 1 saturated heterocycles. The summed E-state index contributed by atoms with van der Waals surface area (Å²) in [6.45, 7) is 1.37. The Morgan fingerprint density at radius 1 is 1.29 bits per heavy atom. The molecule has 96 valence electrons. The van der Waals surface area contributed by atoms with E-state index in [1.165, 1.54) is 12.1 Å². The summed E-state index contributed by atoms with van der Waals surface area (Å²) in [6, 6.07) is 4.02. The van der Waals surface area contributed by atoms with Crippen molar-refractivity contribution >= 4 is 24.0 Å². The van der Waals surface area contributed by atoms with Crippen molar-refractivity contribution in [2.45, 2.75) is 18.5 Å². The zero-order valence-electron chi connectivity index (χ0n) is 8.85. The van der Waals surface area contributed by atoms with E-state index in [2.05, 4.69) is 5.32 Å². The molecule has 0 aromatic heterocycles. The zero-order valence-corrected chi connectivity index (χ0v) is 10.4. The van der Waals surface area contributed by atoms with E-state index in [0.717, 1.165) is 19.0 Å². The maximum atomic E-state index is 12.8. The first-order valence-electron chi connectivity index (χ1n) is 5.06. The first-order valence-corrected chi connectivity index (χ1v) is 5.43. The molecule has 1 atom stereocenters. The molecule has 0 aliphatic carbocycles. The van der Waals surface area contributed by atoms with Crippen molar-refractivity contribution in [3.8, 4) is 0 Å². The van der Waals surface area contributed by atoms with Gasteiger partial charge >= 0.3 is 6.18 Å². The van der Waals surface area contributed by atoms with E-state index in [9.17, 15) is 13.2 Å². The standard InChI is InChI=1S/C11H11ClF3N.ClH/c12-8-1-2-9(7-3-4-16-6-7)10(5-8)11(13,14)15;/h1-2,5,7,16H,3-4,6H2;1H. The van der Waals surface area contributed by atoms with Crippen molar-refractivity contribution in [3.63, 3.8) is 0 Å². The summed E-state index contributed by atoms with van der Waals surface area (Å²) in [4.78, 5) is 0. The van der Waals surface area contributed by atoms with Crippen LogP contribution in [0.3, 0.4) is 0 Å².